The van der Waals surface area contributed by atoms with Crippen LogP contribution in [0, 0.1) is 0 Å². The van der Waals surface area contributed by atoms with E-state index in [4.69, 9.17) is 21.2 Å². The van der Waals surface area contributed by atoms with Gasteiger partial charge in [0.25, 0.3) is 0 Å². The van der Waals surface area contributed by atoms with Gasteiger partial charge in [0.2, 0.25) is 0 Å². The third kappa shape index (κ3) is 25.2. The van der Waals surface area contributed by atoms with Crippen LogP contribution in [0.5, 0.6) is 0 Å². The summed E-state index contributed by atoms with van der Waals surface area (Å²) in [6.45, 7) is 26.3. The molecule has 0 aromatic heterocycles. The maximum atomic E-state index is 7.45. The molecule has 4 unspecified atom stereocenters. The SMILES string of the molecule is CCCCNCCC[Si](C)(OC)O[Si](C)(CCCNCCCC)O[Si](C)(CCCNCCCC)O[Si](C)(CCCNCCCC)OC. The van der Waals surface area contributed by atoms with Gasteiger partial charge in [0, 0.05) is 14.2 Å². The van der Waals surface area contributed by atoms with Gasteiger partial charge in [-0.25, -0.2) is 0 Å². The van der Waals surface area contributed by atoms with E-state index in [0.29, 0.717) is 0 Å². The van der Waals surface area contributed by atoms with Crippen LogP contribution in [0.15, 0.2) is 0 Å². The minimum absolute atomic E-state index is 0.931. The highest BCUT2D eigenvalue weighted by atomic mass is 28.5. The predicted molar refractivity (Wildman–Crippen MR) is 213 cm³/mol. The standard InChI is InChI=1S/C34H82N4O5Si4/c1-11-15-23-35-27-19-31-44(7,39-5)41-46(9,33-21-29-37-25-17-13-3)43-47(10,34-22-30-38-26-18-14-4)42-45(8,40-6)32-20-28-36-24-16-12-2/h35-38H,11-34H2,1-10H3. The van der Waals surface area contributed by atoms with Gasteiger partial charge in [0.05, 0.1) is 0 Å². The van der Waals surface area contributed by atoms with E-state index in [1.807, 2.05) is 14.2 Å². The molecule has 47 heavy (non-hydrogen) atoms. The van der Waals surface area contributed by atoms with E-state index in [9.17, 15) is 0 Å². The van der Waals surface area contributed by atoms with Gasteiger partial charge in [-0.3, -0.25) is 0 Å². The first-order valence-corrected chi connectivity index (χ1v) is 29.6. The molecule has 0 aliphatic carbocycles. The Balaban J connectivity index is 5.95. The van der Waals surface area contributed by atoms with Crippen molar-refractivity contribution in [2.45, 2.75) is 155 Å². The van der Waals surface area contributed by atoms with Crippen molar-refractivity contribution in [2.75, 3.05) is 66.6 Å². The van der Waals surface area contributed by atoms with Gasteiger partial charge >= 0.3 is 34.2 Å². The third-order valence-corrected chi connectivity index (χ3v) is 26.1. The molecule has 0 saturated carbocycles. The Morgan fingerprint density at radius 2 is 0.553 bits per heavy atom. The first-order chi connectivity index (χ1) is 22.5. The van der Waals surface area contributed by atoms with Gasteiger partial charge < -0.3 is 42.5 Å². The lowest BCUT2D eigenvalue weighted by molar-refractivity contribution is 0.231. The highest BCUT2D eigenvalue weighted by Crippen LogP contribution is 2.33. The fraction of sp³-hybridized carbons (Fsp3) is 1.00. The molecule has 284 valence electrons. The first kappa shape index (κ1) is 47.5. The Hall–Kier alpha value is 0.508. The molecule has 0 heterocycles. The molecule has 0 saturated heterocycles. The van der Waals surface area contributed by atoms with Crippen molar-refractivity contribution in [3.05, 3.63) is 0 Å². The van der Waals surface area contributed by atoms with Crippen LogP contribution < -0.4 is 21.3 Å². The Kier molecular flexibility index (Phi) is 29.4. The second-order valence-electron chi connectivity index (χ2n) is 14.1. The average Bonchev–Trinajstić information content (AvgIpc) is 3.03. The zero-order valence-electron chi connectivity index (χ0n) is 33.0. The second-order valence-corrected chi connectivity index (χ2v) is 28.4. The van der Waals surface area contributed by atoms with Gasteiger partial charge in [-0.05, 0) is 154 Å². The Bertz CT molecular complexity index is 669. The average molecular weight is 739 g/mol. The lowest BCUT2D eigenvalue weighted by atomic mass is 10.3. The summed E-state index contributed by atoms with van der Waals surface area (Å²) in [6, 6.07) is 3.78. The summed E-state index contributed by atoms with van der Waals surface area (Å²) < 4.78 is 34.5. The van der Waals surface area contributed by atoms with E-state index >= 15 is 0 Å². The van der Waals surface area contributed by atoms with E-state index in [1.165, 1.54) is 51.4 Å². The number of unbranched alkanes of at least 4 members (excludes halogenated alkanes) is 4. The molecule has 0 aromatic rings. The van der Waals surface area contributed by atoms with Crippen LogP contribution in [0.2, 0.25) is 50.4 Å². The minimum atomic E-state index is -2.69. The first-order valence-electron chi connectivity index (χ1n) is 19.5. The number of nitrogens with one attached hydrogen (secondary N) is 4. The normalized spacial score (nSPS) is 17.2. The van der Waals surface area contributed by atoms with E-state index in [2.05, 4.69) is 75.2 Å². The van der Waals surface area contributed by atoms with Gasteiger partial charge in [-0.2, -0.15) is 0 Å². The van der Waals surface area contributed by atoms with E-state index in [0.717, 1.165) is 102 Å². The fourth-order valence-electron chi connectivity index (χ4n) is 5.85. The molecule has 0 aliphatic rings. The van der Waals surface area contributed by atoms with Crippen molar-refractivity contribution in [2.24, 2.45) is 0 Å². The Morgan fingerprint density at radius 3 is 0.787 bits per heavy atom. The summed E-state index contributed by atoms with van der Waals surface area (Å²) in [6.07, 6.45) is 13.9. The smallest absolute Gasteiger partial charge is 0.325 e. The Morgan fingerprint density at radius 1 is 0.340 bits per heavy atom. The summed E-state index contributed by atoms with van der Waals surface area (Å²) >= 11 is 0. The molecule has 0 fully saturated rings. The van der Waals surface area contributed by atoms with Crippen molar-refractivity contribution in [3.63, 3.8) is 0 Å². The van der Waals surface area contributed by atoms with Gasteiger partial charge in [-0.1, -0.05) is 53.4 Å². The molecule has 4 atom stereocenters. The lowest BCUT2D eigenvalue weighted by Crippen LogP contribution is -2.61. The summed E-state index contributed by atoms with van der Waals surface area (Å²) in [5, 5.41) is 14.5. The van der Waals surface area contributed by atoms with Gasteiger partial charge in [0.1, 0.15) is 0 Å². The molecule has 0 bridgehead atoms. The third-order valence-electron chi connectivity index (χ3n) is 8.93. The quantitative estimate of drug-likeness (QED) is 0.0381. The van der Waals surface area contributed by atoms with Crippen LogP contribution in [0.4, 0.5) is 0 Å². The summed E-state index contributed by atoms with van der Waals surface area (Å²) in [7, 11) is -6.62. The van der Waals surface area contributed by atoms with Crippen LogP contribution in [0.1, 0.15) is 105 Å². The van der Waals surface area contributed by atoms with Crippen LogP contribution in [0.25, 0.3) is 0 Å². The van der Waals surface area contributed by atoms with Crippen molar-refractivity contribution in [3.8, 4) is 0 Å². The Labute approximate surface area is 297 Å². The molecule has 4 N–H and O–H groups in total. The zero-order valence-corrected chi connectivity index (χ0v) is 37.0. The zero-order chi connectivity index (χ0) is 35.3. The molecule has 9 nitrogen and oxygen atoms in total. The molecular weight excluding hydrogens is 657 g/mol. The van der Waals surface area contributed by atoms with Crippen LogP contribution in [-0.4, -0.2) is 101 Å². The molecule has 0 spiro atoms. The van der Waals surface area contributed by atoms with Crippen LogP contribution in [0.3, 0.4) is 0 Å². The topological polar surface area (TPSA) is 94.3 Å². The van der Waals surface area contributed by atoms with Crippen LogP contribution >= 0.6 is 0 Å². The maximum absolute atomic E-state index is 7.45. The van der Waals surface area contributed by atoms with Crippen LogP contribution in [-0.2, 0) is 21.2 Å². The van der Waals surface area contributed by atoms with Gasteiger partial charge in [0.15, 0.2) is 0 Å². The van der Waals surface area contributed by atoms with Crippen molar-refractivity contribution in [1.29, 1.82) is 0 Å². The molecule has 0 rings (SSSR count). The predicted octanol–water partition coefficient (Wildman–Crippen LogP) is 7.74. The number of rotatable bonds is 36. The second kappa shape index (κ2) is 29.1. The summed E-state index contributed by atoms with van der Waals surface area (Å²) in [4.78, 5) is 0. The maximum Gasteiger partial charge on any atom is 0.325 e. The summed E-state index contributed by atoms with van der Waals surface area (Å²) in [5.74, 6) is 0. The van der Waals surface area contributed by atoms with Crippen molar-refractivity contribution in [1.82, 2.24) is 21.3 Å². The van der Waals surface area contributed by atoms with Crippen molar-refractivity contribution < 1.29 is 21.2 Å². The van der Waals surface area contributed by atoms with Gasteiger partial charge in [-0.15, -0.1) is 0 Å². The lowest BCUT2D eigenvalue weighted by Gasteiger charge is -2.44. The highest BCUT2D eigenvalue weighted by Gasteiger charge is 2.50. The van der Waals surface area contributed by atoms with Crippen molar-refractivity contribution >= 4 is 34.2 Å². The van der Waals surface area contributed by atoms with E-state index in [1.54, 1.807) is 0 Å². The molecule has 0 aliphatic heterocycles. The fourth-order valence-corrected chi connectivity index (χ4v) is 24.7. The largest absolute Gasteiger partial charge is 0.416 e. The molecule has 13 heteroatoms. The number of hydrogen-bond acceptors (Lipinski definition) is 9. The van der Waals surface area contributed by atoms with E-state index < -0.39 is 34.2 Å². The molecule has 0 aromatic carbocycles. The number of hydrogen-bond donors (Lipinski definition) is 4. The molecular formula is C34H82N4O5Si4. The van der Waals surface area contributed by atoms with E-state index in [-0.39, 0.29) is 0 Å². The highest BCUT2D eigenvalue weighted by molar-refractivity contribution is 6.88. The monoisotopic (exact) mass is 739 g/mol. The molecule has 0 amide bonds. The molecule has 0 radical (unpaired) electrons. The summed E-state index contributed by atoms with van der Waals surface area (Å²) in [5.41, 5.74) is 0. The minimum Gasteiger partial charge on any atom is -0.416 e.